The fraction of sp³-hybridized carbons (Fsp3) is 0.263. The van der Waals surface area contributed by atoms with E-state index in [1.54, 1.807) is 17.2 Å². The molecule has 0 radical (unpaired) electrons. The average Bonchev–Trinajstić information content (AvgIpc) is 3.43. The number of fused-ring (bicyclic) bond motifs is 3. The molecule has 0 bridgehead atoms. The van der Waals surface area contributed by atoms with Crippen LogP contribution in [-0.2, 0) is 17.7 Å². The maximum absolute atomic E-state index is 12.1. The second-order valence-electron chi connectivity index (χ2n) is 6.82. The highest BCUT2D eigenvalue weighted by Crippen LogP contribution is 2.40. The lowest BCUT2D eigenvalue weighted by Crippen LogP contribution is -2.34. The maximum Gasteiger partial charge on any atom is 0.415 e. The van der Waals surface area contributed by atoms with Crippen LogP contribution in [0.4, 0.5) is 10.5 Å². The summed E-state index contributed by atoms with van der Waals surface area (Å²) in [6, 6.07) is 11.4. The molecule has 10 heteroatoms. The molecule has 5 rings (SSSR count). The van der Waals surface area contributed by atoms with E-state index in [0.29, 0.717) is 17.9 Å². The fourth-order valence-corrected chi connectivity index (χ4v) is 3.79. The second-order valence-corrected chi connectivity index (χ2v) is 6.82. The molecule has 29 heavy (non-hydrogen) atoms. The summed E-state index contributed by atoms with van der Waals surface area (Å²) in [6.07, 6.45) is 1.45. The van der Waals surface area contributed by atoms with E-state index in [2.05, 4.69) is 20.4 Å². The van der Waals surface area contributed by atoms with Crippen LogP contribution in [-0.4, -0.2) is 55.1 Å². The molecular formula is C19H15N7O3. The Hall–Kier alpha value is -3.84. The lowest BCUT2D eigenvalue weighted by Gasteiger charge is -2.14. The highest BCUT2D eigenvalue weighted by molar-refractivity contribution is 5.94. The van der Waals surface area contributed by atoms with Crippen molar-refractivity contribution in [2.24, 2.45) is 0 Å². The molecule has 10 nitrogen and oxygen atoms in total. The Labute approximate surface area is 165 Å². The van der Waals surface area contributed by atoms with Gasteiger partial charge in [0.1, 0.15) is 18.3 Å². The van der Waals surface area contributed by atoms with Crippen LogP contribution in [0.2, 0.25) is 0 Å². The van der Waals surface area contributed by atoms with Gasteiger partial charge in [-0.1, -0.05) is 12.1 Å². The molecule has 0 aliphatic carbocycles. The van der Waals surface area contributed by atoms with Crippen molar-refractivity contribution in [3.05, 3.63) is 42.1 Å². The van der Waals surface area contributed by atoms with E-state index < -0.39 is 12.2 Å². The summed E-state index contributed by atoms with van der Waals surface area (Å²) in [5.74, 6) is 0.356. The number of aliphatic hydroxyl groups is 1. The van der Waals surface area contributed by atoms with Gasteiger partial charge < -0.3 is 9.84 Å². The van der Waals surface area contributed by atoms with Gasteiger partial charge in [0.25, 0.3) is 0 Å². The first-order valence-electron chi connectivity index (χ1n) is 9.03. The second kappa shape index (κ2) is 6.65. The van der Waals surface area contributed by atoms with E-state index in [-0.39, 0.29) is 19.2 Å². The predicted molar refractivity (Wildman–Crippen MR) is 99.4 cm³/mol. The van der Waals surface area contributed by atoms with Crippen molar-refractivity contribution in [1.82, 2.24) is 25.2 Å². The zero-order valence-electron chi connectivity index (χ0n) is 15.1. The number of nitriles is 1. The number of benzene rings is 1. The first kappa shape index (κ1) is 17.3. The van der Waals surface area contributed by atoms with Crippen LogP contribution in [0, 0.1) is 11.3 Å². The summed E-state index contributed by atoms with van der Waals surface area (Å²) in [5, 5.41) is 30.0. The monoisotopic (exact) mass is 389 g/mol. The van der Waals surface area contributed by atoms with Crippen molar-refractivity contribution >= 4 is 11.8 Å². The Morgan fingerprint density at radius 1 is 1.28 bits per heavy atom. The number of carbonyl (C=O) groups excluding carboxylic acids is 1. The van der Waals surface area contributed by atoms with Crippen molar-refractivity contribution in [3.63, 3.8) is 0 Å². The van der Waals surface area contributed by atoms with Crippen molar-refractivity contribution < 1.29 is 14.6 Å². The number of rotatable bonds is 4. The van der Waals surface area contributed by atoms with Gasteiger partial charge in [-0.15, -0.1) is 15.0 Å². The third-order valence-electron chi connectivity index (χ3n) is 5.15. The van der Waals surface area contributed by atoms with Crippen molar-refractivity contribution in [3.8, 4) is 28.7 Å². The summed E-state index contributed by atoms with van der Waals surface area (Å²) in [4.78, 5) is 19.3. The Morgan fingerprint density at radius 2 is 2.14 bits per heavy atom. The van der Waals surface area contributed by atoms with Gasteiger partial charge in [0.05, 0.1) is 24.4 Å². The van der Waals surface area contributed by atoms with Crippen LogP contribution in [0.5, 0.6) is 0 Å². The molecular weight excluding hydrogens is 374 g/mol. The zero-order chi connectivity index (χ0) is 20.0. The van der Waals surface area contributed by atoms with Gasteiger partial charge in [0.15, 0.2) is 0 Å². The lowest BCUT2D eigenvalue weighted by molar-refractivity contribution is 0.0830. The zero-order valence-corrected chi connectivity index (χ0v) is 15.1. The predicted octanol–water partition coefficient (Wildman–Crippen LogP) is 1.17. The minimum absolute atomic E-state index is 0.0307. The van der Waals surface area contributed by atoms with Crippen LogP contribution in [0.15, 0.2) is 36.5 Å². The van der Waals surface area contributed by atoms with Crippen molar-refractivity contribution in [2.75, 3.05) is 11.5 Å². The van der Waals surface area contributed by atoms with E-state index in [1.165, 1.54) is 4.80 Å². The molecule has 2 atom stereocenters. The van der Waals surface area contributed by atoms with Crippen LogP contribution in [0.1, 0.15) is 5.56 Å². The summed E-state index contributed by atoms with van der Waals surface area (Å²) in [6.45, 7) is -0.158. The SMILES string of the molecule is N#CCn1nnc(-c2ccc(-c3ccc4c(c3)CC3C(CO)OC(=O)N43)cn2)n1. The first-order valence-corrected chi connectivity index (χ1v) is 9.03. The number of anilines is 1. The molecule has 1 saturated heterocycles. The molecule has 2 aliphatic heterocycles. The highest BCUT2D eigenvalue weighted by atomic mass is 16.6. The van der Waals surface area contributed by atoms with Crippen LogP contribution in [0.25, 0.3) is 22.6 Å². The van der Waals surface area contributed by atoms with Gasteiger partial charge in [0, 0.05) is 11.8 Å². The summed E-state index contributed by atoms with van der Waals surface area (Å²) in [7, 11) is 0. The van der Waals surface area contributed by atoms with Crippen LogP contribution < -0.4 is 4.90 Å². The number of nitrogens with zero attached hydrogens (tertiary/aromatic N) is 7. The molecule has 2 unspecified atom stereocenters. The summed E-state index contributed by atoms with van der Waals surface area (Å²) in [5.41, 5.74) is 4.30. The topological polar surface area (TPSA) is 130 Å². The number of aromatic nitrogens is 5. The third-order valence-corrected chi connectivity index (χ3v) is 5.15. The average molecular weight is 389 g/mol. The van der Waals surface area contributed by atoms with Gasteiger partial charge >= 0.3 is 6.09 Å². The Bertz CT molecular complexity index is 1140. The largest absolute Gasteiger partial charge is 0.441 e. The third kappa shape index (κ3) is 2.79. The molecule has 2 aromatic heterocycles. The highest BCUT2D eigenvalue weighted by Gasteiger charge is 2.47. The number of amides is 1. The lowest BCUT2D eigenvalue weighted by atomic mass is 10.0. The quantitative estimate of drug-likeness (QED) is 0.704. The molecule has 3 aromatic rings. The standard InChI is InChI=1S/C19H15N7O3/c20-5-6-25-23-18(22-24-25)14-3-1-12(9-21-14)11-2-4-15-13(7-11)8-16-17(10-27)29-19(28)26(15)16/h1-4,7,9,16-17,27H,6,8,10H2. The number of carbonyl (C=O) groups is 1. The van der Waals surface area contributed by atoms with Crippen molar-refractivity contribution in [2.45, 2.75) is 25.1 Å². The normalized spacial score (nSPS) is 19.6. The molecule has 2 aliphatic rings. The molecule has 1 fully saturated rings. The minimum Gasteiger partial charge on any atom is -0.441 e. The van der Waals surface area contributed by atoms with Crippen molar-refractivity contribution in [1.29, 1.82) is 5.26 Å². The molecule has 0 spiro atoms. The number of cyclic esters (lactones) is 1. The number of aliphatic hydroxyl groups excluding tert-OH is 1. The number of pyridine rings is 1. The first-order chi connectivity index (χ1) is 14.2. The van der Waals surface area contributed by atoms with E-state index in [1.807, 2.05) is 30.3 Å². The van der Waals surface area contributed by atoms with E-state index in [9.17, 15) is 9.90 Å². The van der Waals surface area contributed by atoms with E-state index in [4.69, 9.17) is 10.00 Å². The van der Waals surface area contributed by atoms with Crippen LogP contribution >= 0.6 is 0 Å². The molecule has 1 aromatic carbocycles. The Morgan fingerprint density at radius 3 is 2.90 bits per heavy atom. The summed E-state index contributed by atoms with van der Waals surface area (Å²) < 4.78 is 5.21. The summed E-state index contributed by atoms with van der Waals surface area (Å²) >= 11 is 0. The van der Waals surface area contributed by atoms with Gasteiger partial charge in [-0.3, -0.25) is 9.88 Å². The van der Waals surface area contributed by atoms with Gasteiger partial charge in [-0.2, -0.15) is 5.26 Å². The van der Waals surface area contributed by atoms with Gasteiger partial charge in [0.2, 0.25) is 5.82 Å². The maximum atomic E-state index is 12.1. The Kier molecular flexibility index (Phi) is 3.96. The number of ether oxygens (including phenoxy) is 1. The molecule has 1 N–H and O–H groups in total. The Balaban J connectivity index is 1.41. The molecule has 144 valence electrons. The number of hydrogen-bond acceptors (Lipinski definition) is 8. The van der Waals surface area contributed by atoms with Gasteiger partial charge in [-0.25, -0.2) is 4.79 Å². The smallest absolute Gasteiger partial charge is 0.415 e. The van der Waals surface area contributed by atoms with Crippen LogP contribution in [0.3, 0.4) is 0 Å². The fourth-order valence-electron chi connectivity index (χ4n) is 3.79. The molecule has 4 heterocycles. The number of tetrazole rings is 1. The number of hydrogen-bond donors (Lipinski definition) is 1. The van der Waals surface area contributed by atoms with E-state index in [0.717, 1.165) is 22.4 Å². The molecule has 0 saturated carbocycles. The van der Waals surface area contributed by atoms with E-state index >= 15 is 0 Å². The minimum atomic E-state index is -0.499. The van der Waals surface area contributed by atoms with Gasteiger partial charge in [-0.05, 0) is 41.0 Å². The molecule has 1 amide bonds.